The third-order valence-electron chi connectivity index (χ3n) is 4.07. The summed E-state index contributed by atoms with van der Waals surface area (Å²) in [7, 11) is 0. The average molecular weight is 310 g/mol. The molecular weight excluding hydrogens is 290 g/mol. The number of halogens is 1. The predicted molar refractivity (Wildman–Crippen MR) is 76.3 cm³/mol. The number of rotatable bonds is 3. The number of aromatic nitrogens is 1. The lowest BCUT2D eigenvalue weighted by atomic mass is 10.1. The van der Waals surface area contributed by atoms with E-state index in [-0.39, 0.29) is 0 Å². The Morgan fingerprint density at radius 2 is 2.28 bits per heavy atom. The van der Waals surface area contributed by atoms with E-state index in [9.17, 15) is 0 Å². The van der Waals surface area contributed by atoms with Gasteiger partial charge in [0.05, 0.1) is 0 Å². The second kappa shape index (κ2) is 5.27. The van der Waals surface area contributed by atoms with E-state index < -0.39 is 0 Å². The van der Waals surface area contributed by atoms with Crippen LogP contribution in [0, 0.1) is 5.92 Å². The van der Waals surface area contributed by atoms with Crippen LogP contribution < -0.4 is 5.32 Å². The number of pyridine rings is 1. The van der Waals surface area contributed by atoms with Gasteiger partial charge in [0.15, 0.2) is 0 Å². The molecule has 1 saturated carbocycles. The normalized spacial score (nSPS) is 29.4. The molecule has 98 valence electrons. The van der Waals surface area contributed by atoms with Crippen LogP contribution in [0.25, 0.3) is 0 Å². The van der Waals surface area contributed by atoms with Gasteiger partial charge in [-0.05, 0) is 53.2 Å². The molecule has 1 aliphatic carbocycles. The van der Waals surface area contributed by atoms with Crippen molar-refractivity contribution >= 4 is 15.9 Å². The summed E-state index contributed by atoms with van der Waals surface area (Å²) in [5.41, 5.74) is 1.30. The van der Waals surface area contributed by atoms with Crippen LogP contribution in [0.1, 0.15) is 25.3 Å². The summed E-state index contributed by atoms with van der Waals surface area (Å²) < 4.78 is 1.07. The zero-order valence-corrected chi connectivity index (χ0v) is 12.4. The standard InChI is InChI=1S/C14H20BrN3/c1-10-5-17-14(12-2-3-12)9-18(10)8-11-4-13(15)7-16-6-11/h4,6-7,10,12,14,17H,2-3,5,8-9H2,1H3. The van der Waals surface area contributed by atoms with Crippen molar-refractivity contribution in [3.8, 4) is 0 Å². The molecule has 2 fully saturated rings. The monoisotopic (exact) mass is 309 g/mol. The average Bonchev–Trinajstić information content (AvgIpc) is 3.16. The van der Waals surface area contributed by atoms with Crippen molar-refractivity contribution in [2.24, 2.45) is 5.92 Å². The van der Waals surface area contributed by atoms with Crippen molar-refractivity contribution in [1.29, 1.82) is 0 Å². The van der Waals surface area contributed by atoms with Crippen LogP contribution in [-0.4, -0.2) is 35.1 Å². The summed E-state index contributed by atoms with van der Waals surface area (Å²) >= 11 is 3.49. The van der Waals surface area contributed by atoms with E-state index in [1.54, 1.807) is 0 Å². The first-order valence-corrected chi connectivity index (χ1v) is 7.58. The molecule has 2 aliphatic rings. The third-order valence-corrected chi connectivity index (χ3v) is 4.50. The minimum Gasteiger partial charge on any atom is -0.311 e. The van der Waals surface area contributed by atoms with Crippen molar-refractivity contribution in [1.82, 2.24) is 15.2 Å². The molecule has 0 aromatic carbocycles. The fraction of sp³-hybridized carbons (Fsp3) is 0.643. The van der Waals surface area contributed by atoms with E-state index in [2.05, 4.69) is 44.1 Å². The molecule has 1 aromatic heterocycles. The lowest BCUT2D eigenvalue weighted by molar-refractivity contribution is 0.125. The Hall–Kier alpha value is -0.450. The fourth-order valence-electron chi connectivity index (χ4n) is 2.76. The Balaban J connectivity index is 1.66. The van der Waals surface area contributed by atoms with E-state index in [1.165, 1.54) is 24.9 Å². The molecule has 2 heterocycles. The van der Waals surface area contributed by atoms with Gasteiger partial charge in [-0.3, -0.25) is 9.88 Å². The van der Waals surface area contributed by atoms with Crippen LogP contribution in [0.4, 0.5) is 0 Å². The molecule has 1 saturated heterocycles. The first kappa shape index (κ1) is 12.6. The molecular formula is C14H20BrN3. The quantitative estimate of drug-likeness (QED) is 0.929. The molecule has 0 bridgehead atoms. The fourth-order valence-corrected chi connectivity index (χ4v) is 3.17. The van der Waals surface area contributed by atoms with Gasteiger partial charge in [-0.2, -0.15) is 0 Å². The highest BCUT2D eigenvalue weighted by Gasteiger charge is 2.35. The van der Waals surface area contributed by atoms with Crippen molar-refractivity contribution in [2.75, 3.05) is 13.1 Å². The maximum atomic E-state index is 4.25. The lowest BCUT2D eigenvalue weighted by Gasteiger charge is -2.39. The Kier molecular flexibility index (Phi) is 3.68. The minimum absolute atomic E-state index is 0.610. The van der Waals surface area contributed by atoms with Gasteiger partial charge in [0.2, 0.25) is 0 Å². The zero-order valence-electron chi connectivity index (χ0n) is 10.8. The Morgan fingerprint density at radius 1 is 1.44 bits per heavy atom. The van der Waals surface area contributed by atoms with Crippen molar-refractivity contribution in [2.45, 2.75) is 38.4 Å². The molecule has 1 aliphatic heterocycles. The van der Waals surface area contributed by atoms with Gasteiger partial charge in [0, 0.05) is 48.6 Å². The van der Waals surface area contributed by atoms with Crippen molar-refractivity contribution < 1.29 is 0 Å². The summed E-state index contributed by atoms with van der Waals surface area (Å²) in [6.07, 6.45) is 6.65. The molecule has 2 unspecified atom stereocenters. The molecule has 0 radical (unpaired) electrons. The summed E-state index contributed by atoms with van der Waals surface area (Å²) in [5.74, 6) is 0.931. The van der Waals surface area contributed by atoms with Crippen molar-refractivity contribution in [3.05, 3.63) is 28.5 Å². The van der Waals surface area contributed by atoms with Crippen LogP contribution in [0.15, 0.2) is 22.9 Å². The molecule has 1 aromatic rings. The highest BCUT2D eigenvalue weighted by Crippen LogP contribution is 2.34. The van der Waals surface area contributed by atoms with Gasteiger partial charge < -0.3 is 5.32 Å². The van der Waals surface area contributed by atoms with E-state index in [4.69, 9.17) is 0 Å². The Bertz CT molecular complexity index is 419. The van der Waals surface area contributed by atoms with Crippen LogP contribution in [-0.2, 0) is 6.54 Å². The van der Waals surface area contributed by atoms with Gasteiger partial charge in [0.25, 0.3) is 0 Å². The second-order valence-corrected chi connectivity index (χ2v) is 6.56. The Labute approximate surface area is 117 Å². The van der Waals surface area contributed by atoms with E-state index in [0.717, 1.165) is 23.5 Å². The van der Waals surface area contributed by atoms with Crippen LogP contribution in [0.5, 0.6) is 0 Å². The summed E-state index contributed by atoms with van der Waals surface area (Å²) in [5, 5.41) is 3.69. The molecule has 0 amide bonds. The second-order valence-electron chi connectivity index (χ2n) is 5.64. The highest BCUT2D eigenvalue weighted by molar-refractivity contribution is 9.10. The summed E-state index contributed by atoms with van der Waals surface area (Å²) in [4.78, 5) is 6.84. The summed E-state index contributed by atoms with van der Waals surface area (Å²) in [6.45, 7) is 5.61. The third kappa shape index (κ3) is 2.92. The van der Waals surface area contributed by atoms with Crippen LogP contribution in [0.3, 0.4) is 0 Å². The zero-order chi connectivity index (χ0) is 12.5. The largest absolute Gasteiger partial charge is 0.311 e. The maximum absolute atomic E-state index is 4.25. The lowest BCUT2D eigenvalue weighted by Crippen LogP contribution is -2.55. The van der Waals surface area contributed by atoms with E-state index in [0.29, 0.717) is 12.1 Å². The molecule has 3 rings (SSSR count). The summed E-state index contributed by atoms with van der Waals surface area (Å²) in [6, 6.07) is 3.49. The molecule has 0 spiro atoms. The minimum atomic E-state index is 0.610. The molecule has 3 nitrogen and oxygen atoms in total. The first-order valence-electron chi connectivity index (χ1n) is 6.79. The van der Waals surface area contributed by atoms with Gasteiger partial charge in [-0.1, -0.05) is 0 Å². The number of piperazine rings is 1. The van der Waals surface area contributed by atoms with E-state index >= 15 is 0 Å². The topological polar surface area (TPSA) is 28.2 Å². The van der Waals surface area contributed by atoms with E-state index in [1.807, 2.05) is 12.4 Å². The smallest absolute Gasteiger partial charge is 0.0410 e. The van der Waals surface area contributed by atoms with Crippen molar-refractivity contribution in [3.63, 3.8) is 0 Å². The molecule has 4 heteroatoms. The predicted octanol–water partition coefficient (Wildman–Crippen LogP) is 2.42. The molecule has 18 heavy (non-hydrogen) atoms. The maximum Gasteiger partial charge on any atom is 0.0410 e. The van der Waals surface area contributed by atoms with Gasteiger partial charge in [-0.15, -0.1) is 0 Å². The SMILES string of the molecule is CC1CNC(C2CC2)CN1Cc1cncc(Br)c1. The molecule has 1 N–H and O–H groups in total. The highest BCUT2D eigenvalue weighted by atomic mass is 79.9. The van der Waals surface area contributed by atoms with Gasteiger partial charge >= 0.3 is 0 Å². The first-order chi connectivity index (χ1) is 8.72. The van der Waals surface area contributed by atoms with Crippen LogP contribution >= 0.6 is 15.9 Å². The number of nitrogens with one attached hydrogen (secondary N) is 1. The van der Waals surface area contributed by atoms with Crippen LogP contribution in [0.2, 0.25) is 0 Å². The van der Waals surface area contributed by atoms with Gasteiger partial charge in [-0.25, -0.2) is 0 Å². The number of hydrogen-bond acceptors (Lipinski definition) is 3. The number of hydrogen-bond donors (Lipinski definition) is 1. The molecule has 2 atom stereocenters. The Morgan fingerprint density at radius 3 is 3.00 bits per heavy atom. The number of nitrogens with zero attached hydrogens (tertiary/aromatic N) is 2. The van der Waals surface area contributed by atoms with Gasteiger partial charge in [0.1, 0.15) is 0 Å².